The van der Waals surface area contributed by atoms with Crippen molar-refractivity contribution in [2.45, 2.75) is 71.3 Å². The van der Waals surface area contributed by atoms with E-state index in [1.54, 1.807) is 6.92 Å². The van der Waals surface area contributed by atoms with E-state index < -0.39 is 5.97 Å². The number of carbonyl (C=O) groups excluding carboxylic acids is 1. The first-order chi connectivity index (χ1) is 9.02. The smallest absolute Gasteiger partial charge is 0.305 e. The van der Waals surface area contributed by atoms with E-state index in [9.17, 15) is 9.59 Å². The molecule has 0 heterocycles. The van der Waals surface area contributed by atoms with Gasteiger partial charge in [0, 0.05) is 12.0 Å². The highest BCUT2D eigenvalue weighted by molar-refractivity contribution is 5.79. The second kappa shape index (κ2) is 8.18. The van der Waals surface area contributed by atoms with Crippen LogP contribution < -0.4 is 5.32 Å². The van der Waals surface area contributed by atoms with Crippen molar-refractivity contribution in [3.05, 3.63) is 0 Å². The molecule has 0 radical (unpaired) electrons. The van der Waals surface area contributed by atoms with E-state index in [0.717, 1.165) is 31.6 Å². The van der Waals surface area contributed by atoms with Crippen molar-refractivity contribution in [1.82, 2.24) is 5.32 Å². The minimum absolute atomic E-state index is 0.00240. The molecular weight excluding hydrogens is 242 g/mol. The van der Waals surface area contributed by atoms with Crippen molar-refractivity contribution < 1.29 is 14.7 Å². The summed E-state index contributed by atoms with van der Waals surface area (Å²) in [6.45, 7) is 3.96. The van der Waals surface area contributed by atoms with Crippen molar-refractivity contribution in [3.63, 3.8) is 0 Å². The average molecular weight is 269 g/mol. The summed E-state index contributed by atoms with van der Waals surface area (Å²) in [5.74, 6) is 0.0633. The van der Waals surface area contributed by atoms with Crippen LogP contribution in [-0.2, 0) is 9.59 Å². The van der Waals surface area contributed by atoms with Crippen molar-refractivity contribution in [2.24, 2.45) is 11.8 Å². The summed E-state index contributed by atoms with van der Waals surface area (Å²) in [5.41, 5.74) is 0. The lowest BCUT2D eigenvalue weighted by molar-refractivity contribution is -0.137. The molecule has 0 aromatic carbocycles. The highest BCUT2D eigenvalue weighted by atomic mass is 16.4. The van der Waals surface area contributed by atoms with Crippen LogP contribution in [0.25, 0.3) is 0 Å². The van der Waals surface area contributed by atoms with Gasteiger partial charge < -0.3 is 10.4 Å². The van der Waals surface area contributed by atoms with Crippen LogP contribution in [0.5, 0.6) is 0 Å². The van der Waals surface area contributed by atoms with Gasteiger partial charge in [0.25, 0.3) is 0 Å². The maximum Gasteiger partial charge on any atom is 0.305 e. The van der Waals surface area contributed by atoms with Gasteiger partial charge in [-0.2, -0.15) is 0 Å². The lowest BCUT2D eigenvalue weighted by Gasteiger charge is -2.28. The molecule has 1 atom stereocenters. The van der Waals surface area contributed by atoms with Gasteiger partial charge in [0.2, 0.25) is 5.91 Å². The molecule has 1 fully saturated rings. The molecule has 110 valence electrons. The average Bonchev–Trinajstić information content (AvgIpc) is 2.35. The zero-order chi connectivity index (χ0) is 14.3. The number of unbranched alkanes of at least 4 members (excludes halogenated alkanes) is 1. The Bertz CT molecular complexity index is 296. The molecule has 0 aromatic rings. The Kier molecular flexibility index (Phi) is 6.89. The van der Waals surface area contributed by atoms with E-state index in [1.807, 2.05) is 0 Å². The van der Waals surface area contributed by atoms with E-state index in [0.29, 0.717) is 0 Å². The van der Waals surface area contributed by atoms with Gasteiger partial charge in [0.05, 0.1) is 6.42 Å². The normalized spacial score (nSPS) is 24.7. The number of carboxylic acids is 1. The molecule has 19 heavy (non-hydrogen) atoms. The van der Waals surface area contributed by atoms with Crippen LogP contribution in [-0.4, -0.2) is 23.0 Å². The number of carbonyl (C=O) groups is 2. The summed E-state index contributed by atoms with van der Waals surface area (Å²) in [6.07, 6.45) is 8.03. The molecule has 0 aromatic heterocycles. The minimum atomic E-state index is -0.865. The summed E-state index contributed by atoms with van der Waals surface area (Å²) in [7, 11) is 0. The van der Waals surface area contributed by atoms with Gasteiger partial charge in [-0.05, 0) is 38.5 Å². The molecule has 0 aliphatic heterocycles. The summed E-state index contributed by atoms with van der Waals surface area (Å²) < 4.78 is 0. The molecule has 0 bridgehead atoms. The molecule has 1 rings (SSSR count). The number of amides is 1. The monoisotopic (exact) mass is 269 g/mol. The molecule has 1 aliphatic carbocycles. The first-order valence-electron chi connectivity index (χ1n) is 7.55. The Hall–Kier alpha value is -1.06. The van der Waals surface area contributed by atoms with Crippen molar-refractivity contribution >= 4 is 11.9 Å². The standard InChI is InChI=1S/C15H27NO3/c1-3-4-5-12-6-8-13(9-7-12)15(19)16-11(2)10-14(17)18/h11-13H,3-10H2,1-2H3,(H,16,19)(H,17,18). The Morgan fingerprint density at radius 3 is 2.42 bits per heavy atom. The number of aliphatic carboxylic acids is 1. The quantitative estimate of drug-likeness (QED) is 0.746. The van der Waals surface area contributed by atoms with Crippen LogP contribution in [0.1, 0.15) is 65.2 Å². The number of hydrogen-bond donors (Lipinski definition) is 2. The van der Waals surface area contributed by atoms with Gasteiger partial charge in [-0.1, -0.05) is 26.2 Å². The molecule has 4 heteroatoms. The Labute approximate surface area is 116 Å². The van der Waals surface area contributed by atoms with E-state index in [1.165, 1.54) is 19.3 Å². The predicted molar refractivity (Wildman–Crippen MR) is 74.8 cm³/mol. The highest BCUT2D eigenvalue weighted by Crippen LogP contribution is 2.32. The lowest BCUT2D eigenvalue weighted by atomic mass is 9.79. The maximum atomic E-state index is 12.0. The first kappa shape index (κ1) is 16.0. The van der Waals surface area contributed by atoms with Crippen LogP contribution in [0, 0.1) is 11.8 Å². The molecule has 0 spiro atoms. The number of nitrogens with one attached hydrogen (secondary N) is 1. The van der Waals surface area contributed by atoms with Gasteiger partial charge >= 0.3 is 5.97 Å². The third-order valence-corrected chi connectivity index (χ3v) is 4.05. The Morgan fingerprint density at radius 1 is 1.26 bits per heavy atom. The van der Waals surface area contributed by atoms with Gasteiger partial charge in [-0.15, -0.1) is 0 Å². The highest BCUT2D eigenvalue weighted by Gasteiger charge is 2.26. The van der Waals surface area contributed by atoms with Crippen LogP contribution in [0.15, 0.2) is 0 Å². The molecule has 0 saturated heterocycles. The minimum Gasteiger partial charge on any atom is -0.481 e. The van der Waals surface area contributed by atoms with Crippen LogP contribution in [0.4, 0.5) is 0 Å². The second-order valence-corrected chi connectivity index (χ2v) is 5.87. The van der Waals surface area contributed by atoms with E-state index in [-0.39, 0.29) is 24.3 Å². The molecule has 1 saturated carbocycles. The van der Waals surface area contributed by atoms with Gasteiger partial charge in [-0.25, -0.2) is 0 Å². The van der Waals surface area contributed by atoms with Crippen molar-refractivity contribution in [1.29, 1.82) is 0 Å². The van der Waals surface area contributed by atoms with Crippen LogP contribution in [0.3, 0.4) is 0 Å². The van der Waals surface area contributed by atoms with E-state index in [4.69, 9.17) is 5.11 Å². The first-order valence-corrected chi connectivity index (χ1v) is 7.55. The fourth-order valence-electron chi connectivity index (χ4n) is 2.88. The lowest BCUT2D eigenvalue weighted by Crippen LogP contribution is -2.39. The summed E-state index contributed by atoms with van der Waals surface area (Å²) in [4.78, 5) is 22.6. The van der Waals surface area contributed by atoms with Gasteiger partial charge in [0.15, 0.2) is 0 Å². The summed E-state index contributed by atoms with van der Waals surface area (Å²) in [5, 5.41) is 11.5. The van der Waals surface area contributed by atoms with Gasteiger partial charge in [0.1, 0.15) is 0 Å². The zero-order valence-electron chi connectivity index (χ0n) is 12.2. The summed E-state index contributed by atoms with van der Waals surface area (Å²) in [6, 6.07) is -0.275. The van der Waals surface area contributed by atoms with E-state index >= 15 is 0 Å². The maximum absolute atomic E-state index is 12.0. The van der Waals surface area contributed by atoms with Crippen LogP contribution >= 0.6 is 0 Å². The topological polar surface area (TPSA) is 66.4 Å². The molecule has 1 aliphatic rings. The Balaban J connectivity index is 2.26. The Morgan fingerprint density at radius 2 is 1.89 bits per heavy atom. The fourth-order valence-corrected chi connectivity index (χ4v) is 2.88. The SMILES string of the molecule is CCCCC1CCC(C(=O)NC(C)CC(=O)O)CC1. The zero-order valence-corrected chi connectivity index (χ0v) is 12.2. The third kappa shape index (κ3) is 6.08. The number of hydrogen-bond acceptors (Lipinski definition) is 2. The fraction of sp³-hybridized carbons (Fsp3) is 0.867. The molecular formula is C15H27NO3. The largest absolute Gasteiger partial charge is 0.481 e. The number of rotatable bonds is 7. The summed E-state index contributed by atoms with van der Waals surface area (Å²) >= 11 is 0. The van der Waals surface area contributed by atoms with E-state index in [2.05, 4.69) is 12.2 Å². The third-order valence-electron chi connectivity index (χ3n) is 4.05. The predicted octanol–water partition coefficient (Wildman–Crippen LogP) is 2.96. The molecule has 1 amide bonds. The molecule has 2 N–H and O–H groups in total. The van der Waals surface area contributed by atoms with Crippen molar-refractivity contribution in [3.8, 4) is 0 Å². The number of carboxylic acid groups (broad SMARTS) is 1. The molecule has 1 unspecified atom stereocenters. The van der Waals surface area contributed by atoms with Crippen LogP contribution in [0.2, 0.25) is 0 Å². The molecule has 4 nitrogen and oxygen atoms in total. The van der Waals surface area contributed by atoms with Gasteiger partial charge in [-0.3, -0.25) is 9.59 Å². The second-order valence-electron chi connectivity index (χ2n) is 5.87. The van der Waals surface area contributed by atoms with Crippen molar-refractivity contribution in [2.75, 3.05) is 0 Å².